The van der Waals surface area contributed by atoms with Crippen LogP contribution in [-0.2, 0) is 6.54 Å². The highest BCUT2D eigenvalue weighted by atomic mass is 35.5. The van der Waals surface area contributed by atoms with Gasteiger partial charge in [-0.2, -0.15) is 0 Å². The minimum atomic E-state index is -0.395. The first-order valence-electron chi connectivity index (χ1n) is 5.61. The van der Waals surface area contributed by atoms with E-state index in [1.165, 1.54) is 6.07 Å². The lowest BCUT2D eigenvalue weighted by Gasteiger charge is -2.11. The van der Waals surface area contributed by atoms with Crippen molar-refractivity contribution in [2.75, 3.05) is 12.4 Å². The van der Waals surface area contributed by atoms with Gasteiger partial charge in [-0.25, -0.2) is 4.39 Å². The molecule has 2 aromatic rings. The summed E-state index contributed by atoms with van der Waals surface area (Å²) in [7, 11) is 1.58. The van der Waals surface area contributed by atoms with Crippen molar-refractivity contribution in [2.24, 2.45) is 0 Å². The third-order valence-electron chi connectivity index (χ3n) is 2.64. The molecule has 0 aliphatic rings. The molecule has 0 spiro atoms. The molecule has 0 aliphatic carbocycles. The van der Waals surface area contributed by atoms with E-state index in [2.05, 4.69) is 5.32 Å². The van der Waals surface area contributed by atoms with Crippen molar-refractivity contribution in [3.63, 3.8) is 0 Å². The van der Waals surface area contributed by atoms with Gasteiger partial charge in [0.25, 0.3) is 0 Å². The summed E-state index contributed by atoms with van der Waals surface area (Å²) >= 11 is 11.6. The van der Waals surface area contributed by atoms with Crippen molar-refractivity contribution in [3.8, 4) is 5.75 Å². The van der Waals surface area contributed by atoms with E-state index in [0.717, 1.165) is 5.56 Å². The van der Waals surface area contributed by atoms with Crippen molar-refractivity contribution in [3.05, 3.63) is 57.8 Å². The topological polar surface area (TPSA) is 21.3 Å². The van der Waals surface area contributed by atoms with Crippen LogP contribution in [0, 0.1) is 5.82 Å². The van der Waals surface area contributed by atoms with Crippen molar-refractivity contribution in [1.82, 2.24) is 0 Å². The first-order valence-corrected chi connectivity index (χ1v) is 6.37. The molecule has 0 aliphatic heterocycles. The maximum Gasteiger partial charge on any atom is 0.147 e. The Labute approximate surface area is 121 Å². The van der Waals surface area contributed by atoms with Crippen molar-refractivity contribution < 1.29 is 9.13 Å². The Balaban J connectivity index is 2.16. The number of benzene rings is 2. The monoisotopic (exact) mass is 299 g/mol. The number of ether oxygens (including phenoxy) is 1. The van der Waals surface area contributed by atoms with Crippen molar-refractivity contribution in [2.45, 2.75) is 6.54 Å². The van der Waals surface area contributed by atoms with Gasteiger partial charge in [0.1, 0.15) is 11.6 Å². The predicted molar refractivity (Wildman–Crippen MR) is 76.7 cm³/mol. The lowest BCUT2D eigenvalue weighted by atomic mass is 10.2. The summed E-state index contributed by atoms with van der Waals surface area (Å²) < 4.78 is 18.8. The minimum absolute atomic E-state index is 0.364. The third kappa shape index (κ3) is 3.52. The number of halogens is 3. The molecule has 2 rings (SSSR count). The quantitative estimate of drug-likeness (QED) is 0.879. The van der Waals surface area contributed by atoms with Gasteiger partial charge in [-0.15, -0.1) is 0 Å². The Kier molecular flexibility index (Phi) is 4.51. The molecule has 5 heteroatoms. The smallest absolute Gasteiger partial charge is 0.147 e. The fraction of sp³-hybridized carbons (Fsp3) is 0.143. The zero-order chi connectivity index (χ0) is 13.8. The second-order valence-electron chi connectivity index (χ2n) is 3.93. The van der Waals surface area contributed by atoms with Gasteiger partial charge in [0.05, 0.1) is 12.8 Å². The summed E-state index contributed by atoms with van der Waals surface area (Å²) in [6, 6.07) is 9.78. The van der Waals surface area contributed by atoms with Gasteiger partial charge in [-0.1, -0.05) is 23.2 Å². The Morgan fingerprint density at radius 3 is 2.47 bits per heavy atom. The molecule has 1 N–H and O–H groups in total. The molecule has 2 nitrogen and oxygen atoms in total. The molecule has 0 saturated carbocycles. The van der Waals surface area contributed by atoms with Crippen LogP contribution in [-0.4, -0.2) is 7.11 Å². The van der Waals surface area contributed by atoms with Gasteiger partial charge in [0, 0.05) is 22.2 Å². The fourth-order valence-electron chi connectivity index (χ4n) is 1.71. The van der Waals surface area contributed by atoms with Crippen LogP contribution in [0.2, 0.25) is 10.0 Å². The number of anilines is 1. The second-order valence-corrected chi connectivity index (χ2v) is 4.81. The average molecular weight is 300 g/mol. The molecule has 0 fully saturated rings. The van der Waals surface area contributed by atoms with Gasteiger partial charge >= 0.3 is 0 Å². The average Bonchev–Trinajstić information content (AvgIpc) is 2.38. The number of nitrogens with one attached hydrogen (secondary N) is 1. The standard InChI is InChI=1S/C14H12Cl2FNO/c1-19-14-5-3-10(15)6-9(14)8-18-13-4-2-11(16)7-12(13)17/h2-7,18H,8H2,1H3. The fourth-order valence-corrected chi connectivity index (χ4v) is 2.06. The van der Waals surface area contributed by atoms with Crippen LogP contribution in [0.15, 0.2) is 36.4 Å². The first kappa shape index (κ1) is 14.0. The van der Waals surface area contributed by atoms with Gasteiger partial charge in [0.15, 0.2) is 0 Å². The number of methoxy groups -OCH3 is 1. The summed E-state index contributed by atoms with van der Waals surface area (Å²) in [5, 5.41) is 3.96. The van der Waals surface area contributed by atoms with Gasteiger partial charge in [0.2, 0.25) is 0 Å². The molecular weight excluding hydrogens is 288 g/mol. The molecule has 0 bridgehead atoms. The second kappa shape index (κ2) is 6.13. The van der Waals surface area contributed by atoms with Crippen LogP contribution >= 0.6 is 23.2 Å². The molecular formula is C14H12Cl2FNO. The molecule has 100 valence electrons. The van der Waals surface area contributed by atoms with Gasteiger partial charge in [-0.3, -0.25) is 0 Å². The number of hydrogen-bond acceptors (Lipinski definition) is 2. The summed E-state index contributed by atoms with van der Waals surface area (Å²) in [5.74, 6) is 0.305. The van der Waals surface area contributed by atoms with Gasteiger partial charge in [-0.05, 0) is 36.4 Å². The highest BCUT2D eigenvalue weighted by Gasteiger charge is 2.06. The van der Waals surface area contributed by atoms with Crippen LogP contribution in [0.25, 0.3) is 0 Å². The molecule has 0 aromatic heterocycles. The summed E-state index contributed by atoms with van der Waals surface area (Å²) in [6.45, 7) is 0.405. The minimum Gasteiger partial charge on any atom is -0.496 e. The summed E-state index contributed by atoms with van der Waals surface area (Å²) in [6.07, 6.45) is 0. The maximum absolute atomic E-state index is 13.6. The largest absolute Gasteiger partial charge is 0.496 e. The highest BCUT2D eigenvalue weighted by molar-refractivity contribution is 6.31. The Morgan fingerprint density at radius 2 is 1.79 bits per heavy atom. The van der Waals surface area contributed by atoms with Crippen LogP contribution in [0.1, 0.15) is 5.56 Å². The molecule has 0 radical (unpaired) electrons. The molecule has 0 atom stereocenters. The first-order chi connectivity index (χ1) is 9.10. The van der Waals surface area contributed by atoms with E-state index in [9.17, 15) is 4.39 Å². The Bertz CT molecular complexity index is 590. The zero-order valence-electron chi connectivity index (χ0n) is 10.2. The van der Waals surface area contributed by atoms with Crippen LogP contribution in [0.3, 0.4) is 0 Å². The number of hydrogen-bond donors (Lipinski definition) is 1. The molecule has 0 saturated heterocycles. The summed E-state index contributed by atoms with van der Waals surface area (Å²) in [5.41, 5.74) is 1.23. The maximum atomic E-state index is 13.6. The predicted octanol–water partition coefficient (Wildman–Crippen LogP) is 4.75. The molecule has 2 aromatic carbocycles. The molecule has 0 heterocycles. The van der Waals surface area contributed by atoms with Crippen LogP contribution < -0.4 is 10.1 Å². The van der Waals surface area contributed by atoms with E-state index >= 15 is 0 Å². The normalized spacial score (nSPS) is 10.3. The third-order valence-corrected chi connectivity index (χ3v) is 3.11. The van der Waals surface area contributed by atoms with Gasteiger partial charge < -0.3 is 10.1 Å². The highest BCUT2D eigenvalue weighted by Crippen LogP contribution is 2.25. The van der Waals surface area contributed by atoms with Crippen LogP contribution in [0.5, 0.6) is 5.75 Å². The van der Waals surface area contributed by atoms with E-state index < -0.39 is 5.82 Å². The van der Waals surface area contributed by atoms with E-state index in [4.69, 9.17) is 27.9 Å². The molecule has 19 heavy (non-hydrogen) atoms. The number of rotatable bonds is 4. The summed E-state index contributed by atoms with van der Waals surface area (Å²) in [4.78, 5) is 0. The lowest BCUT2D eigenvalue weighted by Crippen LogP contribution is -2.03. The molecule has 0 unspecified atom stereocenters. The van der Waals surface area contributed by atoms with E-state index in [1.807, 2.05) is 0 Å². The van der Waals surface area contributed by atoms with E-state index in [1.54, 1.807) is 37.4 Å². The SMILES string of the molecule is COc1ccc(Cl)cc1CNc1ccc(Cl)cc1F. The Hall–Kier alpha value is -1.45. The Morgan fingerprint density at radius 1 is 1.11 bits per heavy atom. The van der Waals surface area contributed by atoms with Crippen LogP contribution in [0.4, 0.5) is 10.1 Å². The van der Waals surface area contributed by atoms with Crippen molar-refractivity contribution in [1.29, 1.82) is 0 Å². The van der Waals surface area contributed by atoms with Crippen molar-refractivity contribution >= 4 is 28.9 Å². The van der Waals surface area contributed by atoms with E-state index in [0.29, 0.717) is 28.0 Å². The van der Waals surface area contributed by atoms with E-state index in [-0.39, 0.29) is 0 Å². The lowest BCUT2D eigenvalue weighted by molar-refractivity contribution is 0.410. The zero-order valence-corrected chi connectivity index (χ0v) is 11.7. The molecule has 0 amide bonds.